The standard InChI is InChI=1S/C17H25N7OS/c25-16(13-26-12-11-21-5-1-2-6-21)23-9-7-22(8-10-23)15-3-4-18-17-20-19-14-24(15)17/h3-4,14H,1-2,5-13H2. The van der Waals surface area contributed by atoms with Crippen LogP contribution in [0.1, 0.15) is 12.8 Å². The van der Waals surface area contributed by atoms with E-state index < -0.39 is 0 Å². The minimum atomic E-state index is 0.264. The fraction of sp³-hybridized carbons (Fsp3) is 0.647. The highest BCUT2D eigenvalue weighted by molar-refractivity contribution is 7.99. The first-order valence-corrected chi connectivity index (χ1v) is 10.4. The van der Waals surface area contributed by atoms with Crippen LogP contribution in [0, 0.1) is 0 Å². The van der Waals surface area contributed by atoms with Gasteiger partial charge >= 0.3 is 0 Å². The molecule has 4 rings (SSSR count). The third-order valence-corrected chi connectivity index (χ3v) is 6.04. The van der Waals surface area contributed by atoms with E-state index in [1.54, 1.807) is 24.3 Å². The number of carbonyl (C=O) groups excluding carboxylic acids is 1. The van der Waals surface area contributed by atoms with Gasteiger partial charge in [0, 0.05) is 44.7 Å². The van der Waals surface area contributed by atoms with Crippen LogP contribution in [0.2, 0.25) is 0 Å². The molecule has 0 unspecified atom stereocenters. The Kier molecular flexibility index (Phi) is 5.54. The van der Waals surface area contributed by atoms with Gasteiger partial charge in [0.05, 0.1) is 5.75 Å². The Morgan fingerprint density at radius 1 is 1.12 bits per heavy atom. The van der Waals surface area contributed by atoms with Gasteiger partial charge in [0.1, 0.15) is 12.1 Å². The fourth-order valence-electron chi connectivity index (χ4n) is 3.62. The number of amides is 1. The van der Waals surface area contributed by atoms with Gasteiger partial charge < -0.3 is 14.7 Å². The highest BCUT2D eigenvalue weighted by Gasteiger charge is 2.22. The van der Waals surface area contributed by atoms with Crippen molar-refractivity contribution in [3.8, 4) is 0 Å². The van der Waals surface area contributed by atoms with E-state index in [0.29, 0.717) is 11.5 Å². The molecule has 8 nitrogen and oxygen atoms in total. The number of carbonyl (C=O) groups is 1. The molecule has 0 spiro atoms. The smallest absolute Gasteiger partial charge is 0.256 e. The molecule has 1 amide bonds. The average molecular weight is 376 g/mol. The Hall–Kier alpha value is -1.87. The molecule has 2 saturated heterocycles. The number of thioether (sulfide) groups is 1. The third kappa shape index (κ3) is 3.93. The van der Waals surface area contributed by atoms with Gasteiger partial charge in [-0.3, -0.25) is 9.20 Å². The zero-order valence-corrected chi connectivity index (χ0v) is 15.8. The molecule has 2 aromatic heterocycles. The minimum absolute atomic E-state index is 0.264. The molecule has 2 aliphatic heterocycles. The number of anilines is 1. The second kappa shape index (κ2) is 8.22. The number of hydrogen-bond donors (Lipinski definition) is 0. The molecule has 26 heavy (non-hydrogen) atoms. The minimum Gasteiger partial charge on any atom is -0.354 e. The molecule has 0 aliphatic carbocycles. The van der Waals surface area contributed by atoms with Crippen LogP contribution in [0.25, 0.3) is 5.78 Å². The first kappa shape index (κ1) is 17.5. The fourth-order valence-corrected chi connectivity index (χ4v) is 4.51. The molecule has 140 valence electrons. The van der Waals surface area contributed by atoms with E-state index in [1.807, 2.05) is 15.4 Å². The average Bonchev–Trinajstić information content (AvgIpc) is 3.36. The molecule has 2 aromatic rings. The molecule has 9 heteroatoms. The lowest BCUT2D eigenvalue weighted by Gasteiger charge is -2.36. The molecule has 2 fully saturated rings. The number of likely N-dealkylation sites (tertiary alicyclic amines) is 1. The van der Waals surface area contributed by atoms with Crippen molar-refractivity contribution in [2.75, 3.05) is 62.2 Å². The van der Waals surface area contributed by atoms with Crippen LogP contribution in [0.3, 0.4) is 0 Å². The van der Waals surface area contributed by atoms with Crippen molar-refractivity contribution in [2.45, 2.75) is 12.8 Å². The van der Waals surface area contributed by atoms with Gasteiger partial charge in [-0.05, 0) is 32.0 Å². The van der Waals surface area contributed by atoms with E-state index in [9.17, 15) is 4.79 Å². The summed E-state index contributed by atoms with van der Waals surface area (Å²) in [5.41, 5.74) is 0. The normalized spacial score (nSPS) is 18.8. The largest absolute Gasteiger partial charge is 0.354 e. The first-order valence-electron chi connectivity index (χ1n) is 9.29. The van der Waals surface area contributed by atoms with E-state index in [4.69, 9.17) is 0 Å². The number of aromatic nitrogens is 4. The molecule has 0 saturated carbocycles. The Labute approximate surface area is 157 Å². The summed E-state index contributed by atoms with van der Waals surface area (Å²) in [6.45, 7) is 6.73. The summed E-state index contributed by atoms with van der Waals surface area (Å²) < 4.78 is 1.89. The quantitative estimate of drug-likeness (QED) is 0.685. The van der Waals surface area contributed by atoms with Crippen LogP contribution >= 0.6 is 11.8 Å². The summed E-state index contributed by atoms with van der Waals surface area (Å²) in [5, 5.41) is 7.92. The van der Waals surface area contributed by atoms with Gasteiger partial charge in [-0.25, -0.2) is 4.98 Å². The van der Waals surface area contributed by atoms with Crippen LogP contribution in [0.4, 0.5) is 5.82 Å². The van der Waals surface area contributed by atoms with Gasteiger partial charge in [0.15, 0.2) is 0 Å². The molecular formula is C17H25N7OS. The summed E-state index contributed by atoms with van der Waals surface area (Å²) in [7, 11) is 0. The van der Waals surface area contributed by atoms with Gasteiger partial charge in [-0.15, -0.1) is 10.2 Å². The van der Waals surface area contributed by atoms with Crippen LogP contribution < -0.4 is 4.90 Å². The predicted molar refractivity (Wildman–Crippen MR) is 103 cm³/mol. The van der Waals surface area contributed by atoms with E-state index in [0.717, 1.165) is 44.3 Å². The van der Waals surface area contributed by atoms with Crippen LogP contribution in [-0.2, 0) is 4.79 Å². The van der Waals surface area contributed by atoms with E-state index in [1.165, 1.54) is 25.9 Å². The molecule has 0 radical (unpaired) electrons. The molecule has 0 aromatic carbocycles. The second-order valence-electron chi connectivity index (χ2n) is 6.77. The number of rotatable bonds is 6. The van der Waals surface area contributed by atoms with Crippen molar-refractivity contribution in [3.05, 3.63) is 18.6 Å². The maximum absolute atomic E-state index is 12.4. The summed E-state index contributed by atoms with van der Waals surface area (Å²) in [6, 6.07) is 1.97. The van der Waals surface area contributed by atoms with Gasteiger partial charge in [0.25, 0.3) is 5.78 Å². The topological polar surface area (TPSA) is 69.9 Å². The lowest BCUT2D eigenvalue weighted by molar-refractivity contribution is -0.128. The predicted octanol–water partition coefficient (Wildman–Crippen LogP) is 0.602. The molecule has 0 bridgehead atoms. The number of hydrogen-bond acceptors (Lipinski definition) is 7. The molecular weight excluding hydrogens is 350 g/mol. The zero-order chi connectivity index (χ0) is 17.8. The van der Waals surface area contributed by atoms with Crippen molar-refractivity contribution in [3.63, 3.8) is 0 Å². The van der Waals surface area contributed by atoms with Crippen molar-refractivity contribution < 1.29 is 4.79 Å². The lowest BCUT2D eigenvalue weighted by atomic mass is 10.3. The van der Waals surface area contributed by atoms with E-state index in [-0.39, 0.29) is 5.91 Å². The van der Waals surface area contributed by atoms with Crippen LogP contribution in [0.5, 0.6) is 0 Å². The Bertz CT molecular complexity index is 738. The summed E-state index contributed by atoms with van der Waals surface area (Å²) in [6.07, 6.45) is 6.10. The molecule has 0 atom stereocenters. The van der Waals surface area contributed by atoms with Crippen LogP contribution in [0.15, 0.2) is 18.6 Å². The van der Waals surface area contributed by atoms with Gasteiger partial charge in [-0.2, -0.15) is 11.8 Å². The first-order chi connectivity index (χ1) is 12.8. The highest BCUT2D eigenvalue weighted by atomic mass is 32.2. The highest BCUT2D eigenvalue weighted by Crippen LogP contribution is 2.17. The Morgan fingerprint density at radius 2 is 1.92 bits per heavy atom. The monoisotopic (exact) mass is 375 g/mol. The van der Waals surface area contributed by atoms with E-state index >= 15 is 0 Å². The van der Waals surface area contributed by atoms with E-state index in [2.05, 4.69) is 25.0 Å². The van der Waals surface area contributed by atoms with Crippen molar-refractivity contribution in [1.82, 2.24) is 29.4 Å². The van der Waals surface area contributed by atoms with Crippen molar-refractivity contribution in [1.29, 1.82) is 0 Å². The summed E-state index contributed by atoms with van der Waals surface area (Å²) >= 11 is 1.77. The zero-order valence-electron chi connectivity index (χ0n) is 15.0. The Morgan fingerprint density at radius 3 is 2.73 bits per heavy atom. The summed E-state index contributed by atoms with van der Waals surface area (Å²) in [5.74, 6) is 3.55. The number of nitrogens with zero attached hydrogens (tertiary/aromatic N) is 7. The third-order valence-electron chi connectivity index (χ3n) is 5.12. The second-order valence-corrected chi connectivity index (χ2v) is 7.88. The van der Waals surface area contributed by atoms with Crippen LogP contribution in [-0.4, -0.2) is 92.6 Å². The SMILES string of the molecule is O=C(CSCCN1CCCC1)N1CCN(c2ccnc3nncn23)CC1. The van der Waals surface area contributed by atoms with Gasteiger partial charge in [0.2, 0.25) is 5.91 Å². The maximum Gasteiger partial charge on any atom is 0.256 e. The summed E-state index contributed by atoms with van der Waals surface area (Å²) in [4.78, 5) is 23.4. The molecule has 0 N–H and O–H groups in total. The van der Waals surface area contributed by atoms with Gasteiger partial charge in [-0.1, -0.05) is 0 Å². The molecule has 2 aliphatic rings. The maximum atomic E-state index is 12.4. The molecule has 4 heterocycles. The van der Waals surface area contributed by atoms with Crippen molar-refractivity contribution in [2.24, 2.45) is 0 Å². The van der Waals surface area contributed by atoms with Crippen molar-refractivity contribution >= 4 is 29.3 Å². The number of fused-ring (bicyclic) bond motifs is 1. The Balaban J connectivity index is 1.23. The lowest BCUT2D eigenvalue weighted by Crippen LogP contribution is -2.49. The number of piperazine rings is 1.